The van der Waals surface area contributed by atoms with Crippen LogP contribution in [0.3, 0.4) is 0 Å². The molecule has 0 rings (SSSR count). The minimum absolute atomic E-state index is 0.00840. The maximum Gasteiger partial charge on any atom is 0.227 e. The van der Waals surface area contributed by atoms with E-state index in [0.29, 0.717) is 13.2 Å². The summed E-state index contributed by atoms with van der Waals surface area (Å²) in [6.45, 7) is 12.5. The molecule has 1 amide bonds. The van der Waals surface area contributed by atoms with Gasteiger partial charge in [0, 0.05) is 18.2 Å². The van der Waals surface area contributed by atoms with Crippen molar-refractivity contribution in [1.29, 1.82) is 0 Å². The molecule has 0 aromatic carbocycles. The molecular weight excluding hydrogens is 204 g/mol. The van der Waals surface area contributed by atoms with Crippen LogP contribution in [0.2, 0.25) is 0 Å². The van der Waals surface area contributed by atoms with Gasteiger partial charge in [0.2, 0.25) is 5.91 Å². The van der Waals surface area contributed by atoms with E-state index >= 15 is 0 Å². The van der Waals surface area contributed by atoms with Crippen molar-refractivity contribution < 1.29 is 9.53 Å². The molecule has 4 heteroatoms. The second kappa shape index (κ2) is 5.64. The highest BCUT2D eigenvalue weighted by atomic mass is 16.5. The molecule has 0 bridgehead atoms. The lowest BCUT2D eigenvalue weighted by Crippen LogP contribution is -2.57. The zero-order valence-electron chi connectivity index (χ0n) is 11.4. The molecule has 0 aromatic heterocycles. The van der Waals surface area contributed by atoms with Gasteiger partial charge in [-0.15, -0.1) is 0 Å². The third-order valence-corrected chi connectivity index (χ3v) is 3.13. The first-order valence-corrected chi connectivity index (χ1v) is 5.80. The fourth-order valence-electron chi connectivity index (χ4n) is 1.03. The van der Waals surface area contributed by atoms with Crippen molar-refractivity contribution in [1.82, 2.24) is 5.32 Å². The second-order valence-corrected chi connectivity index (χ2v) is 5.38. The van der Waals surface area contributed by atoms with E-state index in [4.69, 9.17) is 10.5 Å². The van der Waals surface area contributed by atoms with Gasteiger partial charge in [-0.1, -0.05) is 0 Å². The van der Waals surface area contributed by atoms with Crippen LogP contribution in [0, 0.1) is 5.41 Å². The van der Waals surface area contributed by atoms with Crippen molar-refractivity contribution in [2.45, 2.75) is 53.1 Å². The number of nitrogens with two attached hydrogens (primary N) is 1. The average molecular weight is 230 g/mol. The number of carbonyl (C=O) groups excluding carboxylic acids is 1. The Morgan fingerprint density at radius 3 is 2.25 bits per heavy atom. The zero-order chi connectivity index (χ0) is 13.0. The van der Waals surface area contributed by atoms with E-state index in [1.54, 1.807) is 0 Å². The molecular formula is C12H26N2O2. The van der Waals surface area contributed by atoms with E-state index in [-0.39, 0.29) is 11.9 Å². The largest absolute Gasteiger partial charge is 0.380 e. The molecule has 0 aliphatic carbocycles. The van der Waals surface area contributed by atoms with Gasteiger partial charge in [-0.25, -0.2) is 0 Å². The van der Waals surface area contributed by atoms with Crippen molar-refractivity contribution in [3.63, 3.8) is 0 Å². The van der Waals surface area contributed by atoms with Crippen LogP contribution in [0.5, 0.6) is 0 Å². The van der Waals surface area contributed by atoms with Crippen LogP contribution >= 0.6 is 0 Å². The molecule has 96 valence electrons. The molecule has 0 aromatic rings. The standard InChI is InChI=1S/C12H26N2O2/c1-7-16-8-9(2)14-10(15)11(3,4)12(5,6)13/h9H,7-8,13H2,1-6H3,(H,14,15). The summed E-state index contributed by atoms with van der Waals surface area (Å²) in [4.78, 5) is 12.0. The highest BCUT2D eigenvalue weighted by molar-refractivity contribution is 5.83. The molecule has 1 unspecified atom stereocenters. The normalized spacial score (nSPS) is 14.7. The molecule has 4 nitrogen and oxygen atoms in total. The topological polar surface area (TPSA) is 64.3 Å². The third kappa shape index (κ3) is 4.10. The van der Waals surface area contributed by atoms with Gasteiger partial charge in [-0.3, -0.25) is 4.79 Å². The van der Waals surface area contributed by atoms with Crippen molar-refractivity contribution >= 4 is 5.91 Å². The predicted molar refractivity (Wildman–Crippen MR) is 66.1 cm³/mol. The Hall–Kier alpha value is -0.610. The van der Waals surface area contributed by atoms with Gasteiger partial charge < -0.3 is 15.8 Å². The number of nitrogens with one attached hydrogen (secondary N) is 1. The highest BCUT2D eigenvalue weighted by Crippen LogP contribution is 2.28. The summed E-state index contributed by atoms with van der Waals surface area (Å²) in [5, 5.41) is 2.92. The maximum absolute atomic E-state index is 12.0. The quantitative estimate of drug-likeness (QED) is 0.722. The van der Waals surface area contributed by atoms with Gasteiger partial charge in [0.15, 0.2) is 0 Å². The SMILES string of the molecule is CCOCC(C)NC(=O)C(C)(C)C(C)(C)N. The molecule has 0 aliphatic rings. The van der Waals surface area contributed by atoms with E-state index in [2.05, 4.69) is 5.32 Å². The van der Waals surface area contributed by atoms with E-state index in [1.165, 1.54) is 0 Å². The van der Waals surface area contributed by atoms with Crippen LogP contribution in [0.15, 0.2) is 0 Å². The van der Waals surface area contributed by atoms with E-state index in [0.717, 1.165) is 0 Å². The van der Waals surface area contributed by atoms with Crippen LogP contribution in [0.1, 0.15) is 41.5 Å². The zero-order valence-corrected chi connectivity index (χ0v) is 11.4. The number of ether oxygens (including phenoxy) is 1. The lowest BCUT2D eigenvalue weighted by atomic mass is 9.74. The first-order valence-electron chi connectivity index (χ1n) is 5.80. The van der Waals surface area contributed by atoms with Gasteiger partial charge in [0.25, 0.3) is 0 Å². The Morgan fingerprint density at radius 2 is 1.88 bits per heavy atom. The van der Waals surface area contributed by atoms with Crippen LogP contribution in [-0.2, 0) is 9.53 Å². The number of rotatable bonds is 6. The van der Waals surface area contributed by atoms with Crippen LogP contribution in [0.4, 0.5) is 0 Å². The number of hydrogen-bond donors (Lipinski definition) is 2. The molecule has 0 heterocycles. The summed E-state index contributed by atoms with van der Waals surface area (Å²) in [6, 6.07) is 0.00840. The average Bonchev–Trinajstić information content (AvgIpc) is 2.12. The number of hydrogen-bond acceptors (Lipinski definition) is 3. The fourth-order valence-corrected chi connectivity index (χ4v) is 1.03. The summed E-state index contributed by atoms with van der Waals surface area (Å²) < 4.78 is 5.25. The van der Waals surface area contributed by atoms with E-state index in [1.807, 2.05) is 41.5 Å². The smallest absolute Gasteiger partial charge is 0.227 e. The number of carbonyl (C=O) groups is 1. The third-order valence-electron chi connectivity index (χ3n) is 3.13. The highest BCUT2D eigenvalue weighted by Gasteiger charge is 2.40. The first-order chi connectivity index (χ1) is 7.13. The van der Waals surface area contributed by atoms with E-state index in [9.17, 15) is 4.79 Å². The van der Waals surface area contributed by atoms with Gasteiger partial charge in [0.1, 0.15) is 0 Å². The monoisotopic (exact) mass is 230 g/mol. The van der Waals surface area contributed by atoms with Gasteiger partial charge in [-0.05, 0) is 41.5 Å². The lowest BCUT2D eigenvalue weighted by Gasteiger charge is -2.37. The Morgan fingerprint density at radius 1 is 1.38 bits per heavy atom. The van der Waals surface area contributed by atoms with Crippen LogP contribution in [0.25, 0.3) is 0 Å². The summed E-state index contributed by atoms with van der Waals surface area (Å²) in [7, 11) is 0. The molecule has 3 N–H and O–H groups in total. The Kier molecular flexibility index (Phi) is 5.42. The minimum atomic E-state index is -0.604. The van der Waals surface area contributed by atoms with Crippen molar-refractivity contribution in [3.05, 3.63) is 0 Å². The first kappa shape index (κ1) is 15.4. The minimum Gasteiger partial charge on any atom is -0.380 e. The summed E-state index contributed by atoms with van der Waals surface area (Å²) in [5.74, 6) is -0.0350. The maximum atomic E-state index is 12.0. The predicted octanol–water partition coefficient (Wildman–Crippen LogP) is 1.29. The molecule has 0 aliphatic heterocycles. The second-order valence-electron chi connectivity index (χ2n) is 5.38. The molecule has 0 radical (unpaired) electrons. The molecule has 0 spiro atoms. The van der Waals surface area contributed by atoms with Crippen LogP contribution in [-0.4, -0.2) is 30.7 Å². The summed E-state index contributed by atoms with van der Waals surface area (Å²) >= 11 is 0. The van der Waals surface area contributed by atoms with Gasteiger partial charge in [-0.2, -0.15) is 0 Å². The molecule has 0 saturated heterocycles. The van der Waals surface area contributed by atoms with Gasteiger partial charge >= 0.3 is 0 Å². The molecule has 0 saturated carbocycles. The Bertz CT molecular complexity index is 232. The molecule has 0 fully saturated rings. The molecule has 16 heavy (non-hydrogen) atoms. The van der Waals surface area contributed by atoms with Gasteiger partial charge in [0.05, 0.1) is 12.0 Å². The summed E-state index contributed by atoms with van der Waals surface area (Å²) in [6.07, 6.45) is 0. The van der Waals surface area contributed by atoms with Crippen molar-refractivity contribution in [3.8, 4) is 0 Å². The Balaban J connectivity index is 4.35. The lowest BCUT2D eigenvalue weighted by molar-refractivity contribution is -0.133. The van der Waals surface area contributed by atoms with Crippen LogP contribution < -0.4 is 11.1 Å². The molecule has 1 atom stereocenters. The Labute approximate surface area is 98.9 Å². The fraction of sp³-hybridized carbons (Fsp3) is 0.917. The van der Waals surface area contributed by atoms with Crippen molar-refractivity contribution in [2.24, 2.45) is 11.1 Å². The van der Waals surface area contributed by atoms with E-state index < -0.39 is 11.0 Å². The number of amides is 1. The van der Waals surface area contributed by atoms with Crippen molar-refractivity contribution in [2.75, 3.05) is 13.2 Å². The summed E-state index contributed by atoms with van der Waals surface area (Å²) in [5.41, 5.74) is 4.84.